The lowest BCUT2D eigenvalue weighted by atomic mass is 9.85. The Labute approximate surface area is 178 Å². The van der Waals surface area contributed by atoms with E-state index < -0.39 is 0 Å². The molecule has 0 amide bonds. The van der Waals surface area contributed by atoms with Crippen molar-refractivity contribution in [1.82, 2.24) is 5.32 Å². The Morgan fingerprint density at radius 2 is 1.70 bits per heavy atom. The van der Waals surface area contributed by atoms with Crippen molar-refractivity contribution >= 4 is 10.8 Å². The number of hydrogen-bond donors (Lipinski definition) is 1. The van der Waals surface area contributed by atoms with Crippen LogP contribution in [0, 0.1) is 0 Å². The van der Waals surface area contributed by atoms with E-state index in [1.165, 1.54) is 29.2 Å². The van der Waals surface area contributed by atoms with Crippen LogP contribution in [0.1, 0.15) is 49.3 Å². The molecular formula is C26H29NO3. The molecule has 5 rings (SSSR count). The second kappa shape index (κ2) is 7.84. The molecule has 0 bridgehead atoms. The Morgan fingerprint density at radius 1 is 0.967 bits per heavy atom. The molecule has 1 spiro atoms. The van der Waals surface area contributed by atoms with Gasteiger partial charge in [0.05, 0.1) is 14.2 Å². The van der Waals surface area contributed by atoms with E-state index in [0.29, 0.717) is 0 Å². The van der Waals surface area contributed by atoms with Gasteiger partial charge in [-0.3, -0.25) is 0 Å². The zero-order valence-corrected chi connectivity index (χ0v) is 17.7. The summed E-state index contributed by atoms with van der Waals surface area (Å²) in [7, 11) is 3.36. The smallest absolute Gasteiger partial charge is 0.164 e. The number of nitrogens with one attached hydrogen (secondary N) is 1. The fourth-order valence-corrected chi connectivity index (χ4v) is 5.18. The van der Waals surface area contributed by atoms with Crippen LogP contribution in [0.2, 0.25) is 0 Å². The highest BCUT2D eigenvalue weighted by atomic mass is 16.5. The topological polar surface area (TPSA) is 39.7 Å². The minimum atomic E-state index is -0.0664. The van der Waals surface area contributed by atoms with Crippen molar-refractivity contribution in [1.29, 1.82) is 0 Å². The molecule has 1 aliphatic heterocycles. The lowest BCUT2D eigenvalue weighted by molar-refractivity contribution is 0.0360. The molecule has 4 nitrogen and oxygen atoms in total. The third-order valence-electron chi connectivity index (χ3n) is 6.73. The molecule has 0 radical (unpaired) electrons. The molecule has 0 aromatic heterocycles. The largest absolute Gasteiger partial charge is 0.493 e. The summed E-state index contributed by atoms with van der Waals surface area (Å²) in [5, 5.41) is 6.44. The molecule has 1 unspecified atom stereocenters. The summed E-state index contributed by atoms with van der Waals surface area (Å²) in [5.41, 5.74) is 2.41. The summed E-state index contributed by atoms with van der Waals surface area (Å²) in [6.07, 6.45) is 5.69. The van der Waals surface area contributed by atoms with Crippen LogP contribution in [0.15, 0.2) is 54.6 Å². The van der Waals surface area contributed by atoms with Crippen LogP contribution in [0.4, 0.5) is 0 Å². The maximum absolute atomic E-state index is 6.60. The summed E-state index contributed by atoms with van der Waals surface area (Å²) < 4.78 is 17.7. The Morgan fingerprint density at radius 3 is 2.50 bits per heavy atom. The van der Waals surface area contributed by atoms with Gasteiger partial charge in [-0.2, -0.15) is 0 Å². The molecule has 3 aromatic rings. The van der Waals surface area contributed by atoms with Gasteiger partial charge in [0.25, 0.3) is 0 Å². The zero-order valence-electron chi connectivity index (χ0n) is 17.7. The standard InChI is InChI=1S/C26H29NO3/c1-28-24-14-21-22(27-17-19-10-7-9-18-8-3-4-11-20(18)19)16-26(12-5-6-13-26)30-23(21)15-25(24)29-2/h3-4,7-11,14-15,22,27H,5-6,12-13,16-17H2,1-2H3. The Kier molecular flexibility index (Phi) is 5.03. The van der Waals surface area contributed by atoms with E-state index in [1.807, 2.05) is 6.07 Å². The first kappa shape index (κ1) is 19.3. The van der Waals surface area contributed by atoms with Crippen molar-refractivity contribution in [3.8, 4) is 17.2 Å². The highest BCUT2D eigenvalue weighted by Gasteiger charge is 2.43. The number of benzene rings is 3. The Bertz CT molecular complexity index is 1050. The van der Waals surface area contributed by atoms with Gasteiger partial charge in [0, 0.05) is 30.6 Å². The van der Waals surface area contributed by atoms with Crippen LogP contribution >= 0.6 is 0 Å². The third-order valence-corrected chi connectivity index (χ3v) is 6.73. The molecule has 1 fully saturated rings. The van der Waals surface area contributed by atoms with E-state index in [-0.39, 0.29) is 11.6 Å². The van der Waals surface area contributed by atoms with Gasteiger partial charge in [-0.05, 0) is 48.1 Å². The molecule has 0 saturated heterocycles. The van der Waals surface area contributed by atoms with Gasteiger partial charge in [-0.15, -0.1) is 0 Å². The van der Waals surface area contributed by atoms with Crippen molar-refractivity contribution in [3.05, 3.63) is 65.7 Å². The monoisotopic (exact) mass is 403 g/mol. The zero-order chi connectivity index (χ0) is 20.6. The lowest BCUT2D eigenvalue weighted by Crippen LogP contribution is -2.42. The number of hydrogen-bond acceptors (Lipinski definition) is 4. The summed E-state index contributed by atoms with van der Waals surface area (Å²) in [6, 6.07) is 19.4. The molecule has 1 heterocycles. The van der Waals surface area contributed by atoms with Crippen LogP contribution < -0.4 is 19.5 Å². The summed E-state index contributed by atoms with van der Waals surface area (Å²) in [4.78, 5) is 0. The predicted molar refractivity (Wildman–Crippen MR) is 120 cm³/mol. The van der Waals surface area contributed by atoms with Crippen molar-refractivity contribution < 1.29 is 14.2 Å². The van der Waals surface area contributed by atoms with E-state index in [4.69, 9.17) is 14.2 Å². The molecular weight excluding hydrogens is 374 g/mol. The number of fused-ring (bicyclic) bond motifs is 2. The van der Waals surface area contributed by atoms with E-state index in [9.17, 15) is 0 Å². The highest BCUT2D eigenvalue weighted by molar-refractivity contribution is 5.85. The van der Waals surface area contributed by atoms with Crippen LogP contribution in [-0.4, -0.2) is 19.8 Å². The average Bonchev–Trinajstić information content (AvgIpc) is 3.23. The van der Waals surface area contributed by atoms with Crippen molar-refractivity contribution in [3.63, 3.8) is 0 Å². The van der Waals surface area contributed by atoms with E-state index in [1.54, 1.807) is 14.2 Å². The first-order chi connectivity index (χ1) is 14.7. The molecule has 30 heavy (non-hydrogen) atoms. The quantitative estimate of drug-likeness (QED) is 0.586. The van der Waals surface area contributed by atoms with Crippen LogP contribution in [0.25, 0.3) is 10.8 Å². The highest BCUT2D eigenvalue weighted by Crippen LogP contribution is 2.50. The third kappa shape index (κ3) is 3.39. The van der Waals surface area contributed by atoms with Gasteiger partial charge in [-0.1, -0.05) is 42.5 Å². The summed E-state index contributed by atoms with van der Waals surface area (Å²) in [5.74, 6) is 2.40. The van der Waals surface area contributed by atoms with Crippen molar-refractivity contribution in [2.24, 2.45) is 0 Å². The van der Waals surface area contributed by atoms with Gasteiger partial charge < -0.3 is 19.5 Å². The molecule has 1 N–H and O–H groups in total. The van der Waals surface area contributed by atoms with Crippen LogP contribution in [0.5, 0.6) is 17.2 Å². The molecule has 1 atom stereocenters. The Balaban J connectivity index is 1.49. The minimum absolute atomic E-state index is 0.0664. The number of methoxy groups -OCH3 is 2. The van der Waals surface area contributed by atoms with E-state index in [2.05, 4.69) is 53.8 Å². The maximum atomic E-state index is 6.60. The number of rotatable bonds is 5. The van der Waals surface area contributed by atoms with Gasteiger partial charge in [-0.25, -0.2) is 0 Å². The van der Waals surface area contributed by atoms with Gasteiger partial charge in [0.1, 0.15) is 11.4 Å². The molecule has 156 valence electrons. The molecule has 3 aromatic carbocycles. The van der Waals surface area contributed by atoms with Crippen LogP contribution in [0.3, 0.4) is 0 Å². The Hall–Kier alpha value is -2.72. The van der Waals surface area contributed by atoms with Gasteiger partial charge >= 0.3 is 0 Å². The summed E-state index contributed by atoms with van der Waals surface area (Å²) in [6.45, 7) is 0.815. The molecule has 2 aliphatic rings. The van der Waals surface area contributed by atoms with Crippen molar-refractivity contribution in [2.45, 2.75) is 50.3 Å². The fourth-order valence-electron chi connectivity index (χ4n) is 5.18. The second-order valence-electron chi connectivity index (χ2n) is 8.51. The molecule has 1 saturated carbocycles. The van der Waals surface area contributed by atoms with Crippen molar-refractivity contribution in [2.75, 3.05) is 14.2 Å². The van der Waals surface area contributed by atoms with E-state index in [0.717, 1.165) is 48.6 Å². The first-order valence-corrected chi connectivity index (χ1v) is 10.9. The second-order valence-corrected chi connectivity index (χ2v) is 8.51. The van der Waals surface area contributed by atoms with E-state index >= 15 is 0 Å². The number of ether oxygens (including phenoxy) is 3. The molecule has 1 aliphatic carbocycles. The van der Waals surface area contributed by atoms with Crippen LogP contribution in [-0.2, 0) is 6.54 Å². The first-order valence-electron chi connectivity index (χ1n) is 10.9. The predicted octanol–water partition coefficient (Wildman–Crippen LogP) is 5.78. The average molecular weight is 404 g/mol. The normalized spacial score (nSPS) is 19.5. The minimum Gasteiger partial charge on any atom is -0.493 e. The molecule has 4 heteroatoms. The van der Waals surface area contributed by atoms with Gasteiger partial charge in [0.15, 0.2) is 11.5 Å². The fraction of sp³-hybridized carbons (Fsp3) is 0.385. The summed E-state index contributed by atoms with van der Waals surface area (Å²) >= 11 is 0. The van der Waals surface area contributed by atoms with Gasteiger partial charge in [0.2, 0.25) is 0 Å². The lowest BCUT2D eigenvalue weighted by Gasteiger charge is -2.40. The SMILES string of the molecule is COc1cc2c(cc1OC)C(NCc1cccc3ccccc13)CC1(CCCC1)O2. The maximum Gasteiger partial charge on any atom is 0.164 e.